The number of aryl methyl sites for hydroxylation is 2. The molecule has 2 nitrogen and oxygen atoms in total. The maximum absolute atomic E-state index is 5.91. The molecule has 0 spiro atoms. The summed E-state index contributed by atoms with van der Waals surface area (Å²) in [7, 11) is 1.83. The maximum atomic E-state index is 5.91. The van der Waals surface area contributed by atoms with E-state index >= 15 is 0 Å². The molecule has 72 valence electrons. The Morgan fingerprint density at radius 3 is 2.36 bits per heavy atom. The van der Waals surface area contributed by atoms with Crippen LogP contribution in [0.25, 0.3) is 11.3 Å². The number of halogens is 1. The summed E-state index contributed by atoms with van der Waals surface area (Å²) < 4.78 is 1.66. The summed E-state index contributed by atoms with van der Waals surface area (Å²) in [6.45, 7) is 2.06. The van der Waals surface area contributed by atoms with Crippen LogP contribution in [0.5, 0.6) is 0 Å². The lowest BCUT2D eigenvalue weighted by Crippen LogP contribution is -1.89. The highest BCUT2D eigenvalue weighted by molar-refractivity contribution is 6.29. The van der Waals surface area contributed by atoms with E-state index in [1.165, 1.54) is 5.56 Å². The molecule has 1 aromatic heterocycles. The molecule has 3 heteroatoms. The van der Waals surface area contributed by atoms with Crippen LogP contribution in [0, 0.1) is 6.92 Å². The minimum absolute atomic E-state index is 0.653. The standard InChI is InChI=1S/C11H11ClN2/c1-8-3-5-9(6-4-8)10-7-11(12)14(2)13-10/h3-7H,1-2H3. The molecule has 0 saturated heterocycles. The van der Waals surface area contributed by atoms with Crippen molar-refractivity contribution in [2.45, 2.75) is 6.92 Å². The van der Waals surface area contributed by atoms with Gasteiger partial charge in [0.1, 0.15) is 5.15 Å². The van der Waals surface area contributed by atoms with Gasteiger partial charge in [-0.3, -0.25) is 4.68 Å². The van der Waals surface area contributed by atoms with Crippen LogP contribution in [-0.4, -0.2) is 9.78 Å². The molecule has 1 aromatic carbocycles. The van der Waals surface area contributed by atoms with E-state index < -0.39 is 0 Å². The smallest absolute Gasteiger partial charge is 0.127 e. The predicted octanol–water partition coefficient (Wildman–Crippen LogP) is 3.05. The van der Waals surface area contributed by atoms with E-state index in [2.05, 4.69) is 24.2 Å². The van der Waals surface area contributed by atoms with Crippen LogP contribution < -0.4 is 0 Å². The molecule has 0 aliphatic carbocycles. The van der Waals surface area contributed by atoms with Crippen molar-refractivity contribution in [3.8, 4) is 11.3 Å². The summed E-state index contributed by atoms with van der Waals surface area (Å²) in [5, 5.41) is 4.95. The zero-order valence-electron chi connectivity index (χ0n) is 8.16. The quantitative estimate of drug-likeness (QED) is 0.701. The van der Waals surface area contributed by atoms with E-state index in [0.29, 0.717) is 5.15 Å². The van der Waals surface area contributed by atoms with Gasteiger partial charge < -0.3 is 0 Å². The van der Waals surface area contributed by atoms with Gasteiger partial charge in [0.25, 0.3) is 0 Å². The van der Waals surface area contributed by atoms with Crippen molar-refractivity contribution >= 4 is 11.6 Å². The Morgan fingerprint density at radius 1 is 1.21 bits per heavy atom. The summed E-state index contributed by atoms with van der Waals surface area (Å²) in [5.41, 5.74) is 3.26. The van der Waals surface area contributed by atoms with E-state index in [4.69, 9.17) is 11.6 Å². The van der Waals surface area contributed by atoms with Crippen molar-refractivity contribution in [3.63, 3.8) is 0 Å². The lowest BCUT2D eigenvalue weighted by molar-refractivity contribution is 0.772. The molecule has 0 saturated carbocycles. The van der Waals surface area contributed by atoms with E-state index in [1.807, 2.05) is 25.2 Å². The lowest BCUT2D eigenvalue weighted by atomic mass is 10.1. The minimum atomic E-state index is 0.653. The van der Waals surface area contributed by atoms with Crippen molar-refractivity contribution in [2.24, 2.45) is 7.05 Å². The number of rotatable bonds is 1. The maximum Gasteiger partial charge on any atom is 0.127 e. The van der Waals surface area contributed by atoms with Crippen molar-refractivity contribution in [2.75, 3.05) is 0 Å². The highest BCUT2D eigenvalue weighted by Crippen LogP contribution is 2.21. The first-order valence-corrected chi connectivity index (χ1v) is 4.81. The van der Waals surface area contributed by atoms with Crippen LogP contribution in [0.1, 0.15) is 5.56 Å². The molecule has 0 atom stereocenters. The topological polar surface area (TPSA) is 17.8 Å². The van der Waals surface area contributed by atoms with Gasteiger partial charge in [0, 0.05) is 18.7 Å². The number of nitrogens with zero attached hydrogens (tertiary/aromatic N) is 2. The number of hydrogen-bond acceptors (Lipinski definition) is 1. The Hall–Kier alpha value is -1.28. The molecule has 2 aromatic rings. The number of hydrogen-bond donors (Lipinski definition) is 0. The Morgan fingerprint density at radius 2 is 1.86 bits per heavy atom. The Bertz CT molecular complexity index is 423. The zero-order chi connectivity index (χ0) is 10.1. The summed E-state index contributed by atoms with van der Waals surface area (Å²) in [6, 6.07) is 10.1. The molecule has 0 radical (unpaired) electrons. The number of aromatic nitrogens is 2. The normalized spacial score (nSPS) is 10.5. The highest BCUT2D eigenvalue weighted by atomic mass is 35.5. The molecular formula is C11H11ClN2. The third kappa shape index (κ3) is 1.66. The minimum Gasteiger partial charge on any atom is -0.256 e. The van der Waals surface area contributed by atoms with Crippen LogP contribution in [0.2, 0.25) is 5.15 Å². The molecule has 2 rings (SSSR count). The first-order chi connectivity index (χ1) is 6.66. The lowest BCUT2D eigenvalue weighted by Gasteiger charge is -1.96. The molecule has 0 aliphatic heterocycles. The zero-order valence-corrected chi connectivity index (χ0v) is 8.92. The van der Waals surface area contributed by atoms with Crippen LogP contribution in [0.4, 0.5) is 0 Å². The SMILES string of the molecule is Cc1ccc(-c2cc(Cl)n(C)n2)cc1. The van der Waals surface area contributed by atoms with Gasteiger partial charge >= 0.3 is 0 Å². The second kappa shape index (κ2) is 3.46. The fourth-order valence-electron chi connectivity index (χ4n) is 1.31. The average Bonchev–Trinajstić information content (AvgIpc) is 2.48. The summed E-state index contributed by atoms with van der Waals surface area (Å²) >= 11 is 5.91. The second-order valence-electron chi connectivity index (χ2n) is 3.34. The third-order valence-electron chi connectivity index (χ3n) is 2.17. The molecule has 1 heterocycles. The van der Waals surface area contributed by atoms with Crippen LogP contribution >= 0.6 is 11.6 Å². The van der Waals surface area contributed by atoms with Crippen LogP contribution in [-0.2, 0) is 7.05 Å². The molecule has 0 N–H and O–H groups in total. The van der Waals surface area contributed by atoms with Crippen LogP contribution in [0.15, 0.2) is 30.3 Å². The van der Waals surface area contributed by atoms with E-state index in [-0.39, 0.29) is 0 Å². The third-order valence-corrected chi connectivity index (χ3v) is 2.52. The van der Waals surface area contributed by atoms with Gasteiger partial charge in [-0.1, -0.05) is 41.4 Å². The van der Waals surface area contributed by atoms with E-state index in [0.717, 1.165) is 11.3 Å². The predicted molar refractivity (Wildman–Crippen MR) is 58.4 cm³/mol. The molecule has 0 unspecified atom stereocenters. The van der Waals surface area contributed by atoms with Crippen molar-refractivity contribution < 1.29 is 0 Å². The molecule has 0 aliphatic rings. The summed E-state index contributed by atoms with van der Waals surface area (Å²) in [4.78, 5) is 0. The molecular weight excluding hydrogens is 196 g/mol. The average molecular weight is 207 g/mol. The fourth-order valence-corrected chi connectivity index (χ4v) is 1.45. The van der Waals surface area contributed by atoms with Gasteiger partial charge in [-0.2, -0.15) is 5.10 Å². The Labute approximate surface area is 88.1 Å². The molecule has 14 heavy (non-hydrogen) atoms. The van der Waals surface area contributed by atoms with Crippen molar-refractivity contribution in [1.29, 1.82) is 0 Å². The van der Waals surface area contributed by atoms with E-state index in [9.17, 15) is 0 Å². The number of benzene rings is 1. The second-order valence-corrected chi connectivity index (χ2v) is 3.73. The molecule has 0 amide bonds. The Kier molecular flexibility index (Phi) is 2.30. The highest BCUT2D eigenvalue weighted by Gasteiger charge is 2.04. The van der Waals surface area contributed by atoms with Gasteiger partial charge in [0.15, 0.2) is 0 Å². The van der Waals surface area contributed by atoms with Crippen molar-refractivity contribution in [1.82, 2.24) is 9.78 Å². The first-order valence-electron chi connectivity index (χ1n) is 4.43. The summed E-state index contributed by atoms with van der Waals surface area (Å²) in [5.74, 6) is 0. The van der Waals surface area contributed by atoms with Crippen LogP contribution in [0.3, 0.4) is 0 Å². The first kappa shape index (κ1) is 9.28. The van der Waals surface area contributed by atoms with E-state index in [1.54, 1.807) is 4.68 Å². The molecule has 0 fully saturated rings. The summed E-state index contributed by atoms with van der Waals surface area (Å²) in [6.07, 6.45) is 0. The van der Waals surface area contributed by atoms with Gasteiger partial charge in [-0.15, -0.1) is 0 Å². The largest absolute Gasteiger partial charge is 0.256 e. The fraction of sp³-hybridized carbons (Fsp3) is 0.182. The van der Waals surface area contributed by atoms with Gasteiger partial charge in [0.2, 0.25) is 0 Å². The Balaban J connectivity index is 2.44. The van der Waals surface area contributed by atoms with Crippen molar-refractivity contribution in [3.05, 3.63) is 41.0 Å². The van der Waals surface area contributed by atoms with Gasteiger partial charge in [-0.05, 0) is 6.92 Å². The van der Waals surface area contributed by atoms with Gasteiger partial charge in [-0.25, -0.2) is 0 Å². The monoisotopic (exact) mass is 206 g/mol. The van der Waals surface area contributed by atoms with Gasteiger partial charge in [0.05, 0.1) is 5.69 Å². The molecule has 0 bridgehead atoms.